The smallest absolute Gasteiger partial charge is 0.337 e. The Morgan fingerprint density at radius 2 is 2.08 bits per heavy atom. The number of aromatic carboxylic acids is 1. The number of carbonyl (C=O) groups is 2. The van der Waals surface area contributed by atoms with Gasteiger partial charge in [-0.3, -0.25) is 9.89 Å². The molecule has 1 amide bonds. The average molecular weight is 351 g/mol. The molecule has 0 atom stereocenters. The third-order valence-corrected chi connectivity index (χ3v) is 3.43. The van der Waals surface area contributed by atoms with Crippen molar-refractivity contribution >= 4 is 17.6 Å². The van der Waals surface area contributed by atoms with Crippen LogP contribution in [0.2, 0.25) is 0 Å². The van der Waals surface area contributed by atoms with E-state index in [0.29, 0.717) is 11.3 Å². The fraction of sp³-hybridized carbons (Fsp3) is 0. The number of rotatable bonds is 4. The van der Waals surface area contributed by atoms with Crippen molar-refractivity contribution in [2.45, 2.75) is 0 Å². The number of H-pyrrole nitrogens is 1. The van der Waals surface area contributed by atoms with Gasteiger partial charge < -0.3 is 10.4 Å². The molecule has 26 heavy (non-hydrogen) atoms. The number of benzene rings is 1. The Hall–Kier alpha value is -4.06. The van der Waals surface area contributed by atoms with Crippen molar-refractivity contribution in [3.8, 4) is 23.6 Å². The molecule has 0 spiro atoms. The maximum absolute atomic E-state index is 13.7. The van der Waals surface area contributed by atoms with E-state index < -0.39 is 23.3 Å². The first-order valence-corrected chi connectivity index (χ1v) is 7.17. The fourth-order valence-electron chi connectivity index (χ4n) is 2.15. The van der Waals surface area contributed by atoms with Gasteiger partial charge in [-0.2, -0.15) is 5.10 Å². The molecule has 2 heterocycles. The van der Waals surface area contributed by atoms with E-state index in [9.17, 15) is 19.1 Å². The predicted octanol–water partition coefficient (Wildman–Crippen LogP) is 1.94. The molecule has 0 bridgehead atoms. The zero-order chi connectivity index (χ0) is 18.7. The summed E-state index contributed by atoms with van der Waals surface area (Å²) in [5.41, 5.74) is 0.384. The van der Waals surface area contributed by atoms with Crippen molar-refractivity contribution in [3.63, 3.8) is 0 Å². The molecule has 8 nitrogen and oxygen atoms in total. The number of carboxylic acid groups (broad SMARTS) is 1. The number of carbonyl (C=O) groups excluding carboxylic acids is 1. The molecule has 0 fully saturated rings. The number of terminal acetylenes is 1. The maximum Gasteiger partial charge on any atom is 0.337 e. The van der Waals surface area contributed by atoms with Crippen LogP contribution in [0.5, 0.6) is 0 Å². The SMILES string of the molecule is C#Cc1cc(NC(=O)c2ccc(-c3cn[nH]c3)nn2)c(C(=O)O)cc1F. The number of aromatic nitrogens is 4. The first-order valence-electron chi connectivity index (χ1n) is 7.17. The summed E-state index contributed by atoms with van der Waals surface area (Å²) in [4.78, 5) is 23.6. The Bertz CT molecular complexity index is 1020. The average Bonchev–Trinajstić information content (AvgIpc) is 3.17. The quantitative estimate of drug-likeness (QED) is 0.618. The highest BCUT2D eigenvalue weighted by Crippen LogP contribution is 2.21. The van der Waals surface area contributed by atoms with Crippen LogP contribution in [0.15, 0.2) is 36.7 Å². The molecule has 0 saturated carbocycles. The molecule has 0 aliphatic carbocycles. The van der Waals surface area contributed by atoms with Crippen LogP contribution in [0.1, 0.15) is 26.4 Å². The topological polar surface area (TPSA) is 121 Å². The van der Waals surface area contributed by atoms with Gasteiger partial charge in [0.1, 0.15) is 5.82 Å². The number of hydrogen-bond acceptors (Lipinski definition) is 5. The van der Waals surface area contributed by atoms with Gasteiger partial charge >= 0.3 is 5.97 Å². The lowest BCUT2D eigenvalue weighted by Gasteiger charge is -2.09. The molecular formula is C17H10FN5O3. The third-order valence-electron chi connectivity index (χ3n) is 3.43. The van der Waals surface area contributed by atoms with Crippen LogP contribution >= 0.6 is 0 Å². The molecule has 0 aliphatic heterocycles. The minimum Gasteiger partial charge on any atom is -0.478 e. The Morgan fingerprint density at radius 1 is 1.27 bits per heavy atom. The molecule has 3 aromatic rings. The Morgan fingerprint density at radius 3 is 2.65 bits per heavy atom. The van der Waals surface area contributed by atoms with Crippen LogP contribution in [0.25, 0.3) is 11.3 Å². The van der Waals surface area contributed by atoms with Crippen LogP contribution in [-0.2, 0) is 0 Å². The van der Waals surface area contributed by atoms with E-state index in [1.54, 1.807) is 18.5 Å². The molecule has 3 N–H and O–H groups in total. The van der Waals surface area contributed by atoms with E-state index in [2.05, 4.69) is 31.6 Å². The van der Waals surface area contributed by atoms with Crippen LogP contribution in [0.4, 0.5) is 10.1 Å². The Kier molecular flexibility index (Phi) is 4.40. The molecular weight excluding hydrogens is 341 g/mol. The highest BCUT2D eigenvalue weighted by atomic mass is 19.1. The van der Waals surface area contributed by atoms with Crippen LogP contribution < -0.4 is 5.32 Å². The first kappa shape index (κ1) is 16.8. The number of nitrogens with zero attached hydrogens (tertiary/aromatic N) is 3. The Balaban J connectivity index is 1.88. The highest BCUT2D eigenvalue weighted by Gasteiger charge is 2.18. The molecule has 128 valence electrons. The van der Waals surface area contributed by atoms with Crippen molar-refractivity contribution in [1.29, 1.82) is 0 Å². The number of anilines is 1. The van der Waals surface area contributed by atoms with Gasteiger partial charge in [0.2, 0.25) is 0 Å². The van der Waals surface area contributed by atoms with Gasteiger partial charge in [-0.05, 0) is 24.3 Å². The number of nitrogens with one attached hydrogen (secondary N) is 2. The molecule has 0 aliphatic rings. The first-order chi connectivity index (χ1) is 12.5. The van der Waals surface area contributed by atoms with Crippen LogP contribution in [0.3, 0.4) is 0 Å². The van der Waals surface area contributed by atoms with Crippen LogP contribution in [0, 0.1) is 18.2 Å². The van der Waals surface area contributed by atoms with Crippen molar-refractivity contribution < 1.29 is 19.1 Å². The van der Waals surface area contributed by atoms with Gasteiger partial charge in [0.15, 0.2) is 5.69 Å². The molecule has 0 unspecified atom stereocenters. The summed E-state index contributed by atoms with van der Waals surface area (Å²) >= 11 is 0. The zero-order valence-corrected chi connectivity index (χ0v) is 13.0. The molecule has 0 radical (unpaired) electrons. The minimum atomic E-state index is -1.41. The van der Waals surface area contributed by atoms with Gasteiger partial charge in [-0.1, -0.05) is 5.92 Å². The number of halogens is 1. The minimum absolute atomic E-state index is 0.0554. The van der Waals surface area contributed by atoms with Gasteiger partial charge in [-0.25, -0.2) is 9.18 Å². The number of aromatic amines is 1. The molecule has 9 heteroatoms. The normalized spacial score (nSPS) is 10.2. The second-order valence-corrected chi connectivity index (χ2v) is 5.07. The van der Waals surface area contributed by atoms with Crippen LogP contribution in [-0.4, -0.2) is 37.4 Å². The predicted molar refractivity (Wildman–Crippen MR) is 88.9 cm³/mol. The summed E-state index contributed by atoms with van der Waals surface area (Å²) < 4.78 is 13.7. The fourth-order valence-corrected chi connectivity index (χ4v) is 2.15. The van der Waals surface area contributed by atoms with Gasteiger partial charge in [0, 0.05) is 11.8 Å². The van der Waals surface area contributed by atoms with Crippen molar-refractivity contribution in [3.05, 3.63) is 59.3 Å². The zero-order valence-electron chi connectivity index (χ0n) is 13.0. The monoisotopic (exact) mass is 351 g/mol. The summed E-state index contributed by atoms with van der Waals surface area (Å²) in [7, 11) is 0. The Labute approximate surface area is 146 Å². The lowest BCUT2D eigenvalue weighted by molar-refractivity contribution is 0.0697. The van der Waals surface area contributed by atoms with Gasteiger partial charge in [0.05, 0.1) is 28.7 Å². The maximum atomic E-state index is 13.7. The highest BCUT2D eigenvalue weighted by molar-refractivity contribution is 6.07. The van der Waals surface area contributed by atoms with E-state index in [1.807, 2.05) is 0 Å². The largest absolute Gasteiger partial charge is 0.478 e. The third kappa shape index (κ3) is 3.25. The number of hydrogen-bond donors (Lipinski definition) is 3. The standard InChI is InChI=1S/C17H10FN5O3/c1-2-9-5-15(11(17(25)26)6-12(9)18)21-16(24)14-4-3-13(22-23-14)10-7-19-20-8-10/h1,3-8H,(H,19,20)(H,21,24)(H,25,26). The molecule has 1 aromatic carbocycles. The van der Waals surface area contributed by atoms with E-state index in [-0.39, 0.29) is 16.9 Å². The summed E-state index contributed by atoms with van der Waals surface area (Å²) in [5.74, 6) is -0.914. The molecule has 0 saturated heterocycles. The van der Waals surface area contributed by atoms with Gasteiger partial charge in [-0.15, -0.1) is 16.6 Å². The summed E-state index contributed by atoms with van der Waals surface area (Å²) in [6.07, 6.45) is 8.33. The summed E-state index contributed by atoms with van der Waals surface area (Å²) in [5, 5.41) is 25.7. The second-order valence-electron chi connectivity index (χ2n) is 5.07. The molecule has 2 aromatic heterocycles. The van der Waals surface area contributed by atoms with E-state index in [0.717, 1.165) is 12.1 Å². The van der Waals surface area contributed by atoms with Crippen molar-refractivity contribution in [2.24, 2.45) is 0 Å². The van der Waals surface area contributed by atoms with E-state index >= 15 is 0 Å². The summed E-state index contributed by atoms with van der Waals surface area (Å²) in [6.45, 7) is 0. The van der Waals surface area contributed by atoms with E-state index in [1.165, 1.54) is 6.07 Å². The lowest BCUT2D eigenvalue weighted by Crippen LogP contribution is -2.17. The molecule has 3 rings (SSSR count). The second kappa shape index (κ2) is 6.82. The van der Waals surface area contributed by atoms with Gasteiger partial charge in [0.25, 0.3) is 5.91 Å². The van der Waals surface area contributed by atoms with Crippen molar-refractivity contribution in [2.75, 3.05) is 5.32 Å². The van der Waals surface area contributed by atoms with Crippen molar-refractivity contribution in [1.82, 2.24) is 20.4 Å². The number of carboxylic acids is 1. The number of amides is 1. The summed E-state index contributed by atoms with van der Waals surface area (Å²) in [6, 6.07) is 4.80. The lowest BCUT2D eigenvalue weighted by atomic mass is 10.1. The van der Waals surface area contributed by atoms with E-state index in [4.69, 9.17) is 6.42 Å².